The molecule has 0 saturated heterocycles. The average molecular weight is 344 g/mol. The molecule has 0 saturated carbocycles. The van der Waals surface area contributed by atoms with Gasteiger partial charge in [0.15, 0.2) is 0 Å². The summed E-state index contributed by atoms with van der Waals surface area (Å²) in [4.78, 5) is 0. The summed E-state index contributed by atoms with van der Waals surface area (Å²) in [6.07, 6.45) is 0. The molecule has 0 fully saturated rings. The monoisotopic (exact) mass is 342 g/mol. The van der Waals surface area contributed by atoms with E-state index in [4.69, 9.17) is 16.0 Å². The Morgan fingerprint density at radius 3 is 2.62 bits per heavy atom. The molecule has 3 nitrogen and oxygen atoms in total. The SMILES string of the molecule is Clc1nnc(-c2cc(Br)sc2Br)o1. The zero-order chi connectivity index (χ0) is 9.42. The van der Waals surface area contributed by atoms with Crippen molar-refractivity contribution < 1.29 is 4.42 Å². The first-order valence-electron chi connectivity index (χ1n) is 3.11. The van der Waals surface area contributed by atoms with Crippen LogP contribution in [0.4, 0.5) is 0 Å². The molecule has 0 unspecified atom stereocenters. The molecule has 2 aromatic heterocycles. The molecule has 0 radical (unpaired) electrons. The quantitative estimate of drug-likeness (QED) is 0.785. The third-order valence-corrected chi connectivity index (χ3v) is 3.78. The van der Waals surface area contributed by atoms with Crippen molar-refractivity contribution in [3.05, 3.63) is 19.0 Å². The van der Waals surface area contributed by atoms with Crippen molar-refractivity contribution in [3.63, 3.8) is 0 Å². The highest BCUT2D eigenvalue weighted by Crippen LogP contribution is 2.38. The van der Waals surface area contributed by atoms with Crippen LogP contribution in [0, 0.1) is 0 Å². The maximum absolute atomic E-state index is 5.51. The van der Waals surface area contributed by atoms with Crippen LogP contribution in [0.5, 0.6) is 0 Å². The number of hydrogen-bond donors (Lipinski definition) is 0. The van der Waals surface area contributed by atoms with Gasteiger partial charge in [0.1, 0.15) is 0 Å². The van der Waals surface area contributed by atoms with E-state index in [0.29, 0.717) is 5.89 Å². The lowest BCUT2D eigenvalue weighted by molar-refractivity contribution is 0.571. The zero-order valence-electron chi connectivity index (χ0n) is 5.92. The molecule has 2 heterocycles. The first-order chi connectivity index (χ1) is 6.16. The molecule has 68 valence electrons. The van der Waals surface area contributed by atoms with Crippen LogP contribution in [0.25, 0.3) is 11.5 Å². The predicted octanol–water partition coefficient (Wildman–Crippen LogP) is 3.98. The molecular weight excluding hydrogens is 343 g/mol. The van der Waals surface area contributed by atoms with Gasteiger partial charge in [0, 0.05) is 0 Å². The van der Waals surface area contributed by atoms with Gasteiger partial charge < -0.3 is 4.42 Å². The molecule has 2 rings (SSSR count). The molecule has 0 aliphatic rings. The van der Waals surface area contributed by atoms with E-state index in [1.165, 1.54) is 11.3 Å². The van der Waals surface area contributed by atoms with Crippen LogP contribution in [0.3, 0.4) is 0 Å². The van der Waals surface area contributed by atoms with E-state index in [0.717, 1.165) is 13.1 Å². The molecule has 7 heteroatoms. The maximum atomic E-state index is 5.51. The van der Waals surface area contributed by atoms with Crippen molar-refractivity contribution in [1.82, 2.24) is 10.2 Å². The van der Waals surface area contributed by atoms with Crippen LogP contribution in [0.1, 0.15) is 0 Å². The molecule has 2 aromatic rings. The summed E-state index contributed by atoms with van der Waals surface area (Å²) >= 11 is 13.8. The van der Waals surface area contributed by atoms with Gasteiger partial charge in [0.25, 0.3) is 5.89 Å². The Bertz CT molecular complexity index is 442. The number of aromatic nitrogens is 2. The maximum Gasteiger partial charge on any atom is 0.313 e. The van der Waals surface area contributed by atoms with Crippen LogP contribution in [-0.4, -0.2) is 10.2 Å². The third-order valence-electron chi connectivity index (χ3n) is 1.29. The highest BCUT2D eigenvalue weighted by Gasteiger charge is 2.13. The van der Waals surface area contributed by atoms with Gasteiger partial charge in [0.05, 0.1) is 13.1 Å². The van der Waals surface area contributed by atoms with Crippen molar-refractivity contribution >= 4 is 54.8 Å². The summed E-state index contributed by atoms with van der Waals surface area (Å²) in [5.41, 5.74) is 0.844. The van der Waals surface area contributed by atoms with E-state index in [1.54, 1.807) is 0 Å². The van der Waals surface area contributed by atoms with Gasteiger partial charge in [-0.3, -0.25) is 0 Å². The topological polar surface area (TPSA) is 38.9 Å². The summed E-state index contributed by atoms with van der Waals surface area (Å²) in [7, 11) is 0. The van der Waals surface area contributed by atoms with Gasteiger partial charge in [-0.2, -0.15) is 0 Å². The number of nitrogens with zero attached hydrogens (tertiary/aromatic N) is 2. The van der Waals surface area contributed by atoms with Gasteiger partial charge in [-0.25, -0.2) is 0 Å². The Hall–Kier alpha value is 0.0900. The van der Waals surface area contributed by atoms with Gasteiger partial charge in [0.2, 0.25) is 0 Å². The Morgan fingerprint density at radius 1 is 1.38 bits per heavy atom. The normalized spacial score (nSPS) is 10.7. The second-order valence-corrected chi connectivity index (χ2v) is 6.17. The van der Waals surface area contributed by atoms with E-state index >= 15 is 0 Å². The lowest BCUT2D eigenvalue weighted by Gasteiger charge is -1.86. The minimum atomic E-state index is 0.0456. The summed E-state index contributed by atoms with van der Waals surface area (Å²) in [5, 5.41) is 7.37. The number of halogens is 3. The van der Waals surface area contributed by atoms with Crippen molar-refractivity contribution in [2.45, 2.75) is 0 Å². The Morgan fingerprint density at radius 2 is 2.15 bits per heavy atom. The molecular formula is C6HBr2ClN2OS. The minimum absolute atomic E-state index is 0.0456. The van der Waals surface area contributed by atoms with Crippen molar-refractivity contribution in [2.75, 3.05) is 0 Å². The van der Waals surface area contributed by atoms with Crippen molar-refractivity contribution in [2.24, 2.45) is 0 Å². The largest absolute Gasteiger partial charge is 0.407 e. The van der Waals surface area contributed by atoms with Gasteiger partial charge in [-0.05, 0) is 49.5 Å². The van der Waals surface area contributed by atoms with E-state index in [9.17, 15) is 0 Å². The van der Waals surface area contributed by atoms with Gasteiger partial charge in [-0.15, -0.1) is 16.4 Å². The summed E-state index contributed by atoms with van der Waals surface area (Å²) in [5.74, 6) is 0.416. The van der Waals surface area contributed by atoms with Crippen LogP contribution in [0.2, 0.25) is 5.35 Å². The molecule has 0 atom stereocenters. The summed E-state index contributed by atoms with van der Waals surface area (Å²) < 4.78 is 6.98. The first kappa shape index (κ1) is 9.64. The van der Waals surface area contributed by atoms with Crippen molar-refractivity contribution in [1.29, 1.82) is 0 Å². The second-order valence-electron chi connectivity index (χ2n) is 2.10. The van der Waals surface area contributed by atoms with Crippen LogP contribution in [0.15, 0.2) is 18.1 Å². The fourth-order valence-electron chi connectivity index (χ4n) is 0.800. The van der Waals surface area contributed by atoms with E-state index in [-0.39, 0.29) is 5.35 Å². The molecule has 13 heavy (non-hydrogen) atoms. The second kappa shape index (κ2) is 3.68. The molecule has 0 aliphatic carbocycles. The number of hydrogen-bond acceptors (Lipinski definition) is 4. The summed E-state index contributed by atoms with van der Waals surface area (Å²) in [6, 6.07) is 1.89. The Labute approximate surface area is 99.4 Å². The smallest absolute Gasteiger partial charge is 0.313 e. The van der Waals surface area contributed by atoms with Gasteiger partial charge >= 0.3 is 5.35 Å². The molecule has 0 aromatic carbocycles. The molecule has 0 N–H and O–H groups in total. The fraction of sp³-hybridized carbons (Fsp3) is 0. The standard InChI is InChI=1S/C6HBr2ClN2OS/c7-3-1-2(4(8)13-3)5-10-11-6(9)12-5/h1H. The Balaban J connectivity index is 2.51. The van der Waals surface area contributed by atoms with Crippen molar-refractivity contribution in [3.8, 4) is 11.5 Å². The molecule has 0 bridgehead atoms. The fourth-order valence-corrected chi connectivity index (χ4v) is 3.69. The highest BCUT2D eigenvalue weighted by molar-refractivity contribution is 9.12. The average Bonchev–Trinajstić information content (AvgIpc) is 2.58. The molecule has 0 aliphatic heterocycles. The van der Waals surface area contributed by atoms with Gasteiger partial charge in [-0.1, -0.05) is 5.10 Å². The lowest BCUT2D eigenvalue weighted by Crippen LogP contribution is -1.73. The van der Waals surface area contributed by atoms with Crippen LogP contribution >= 0.6 is 54.8 Å². The van der Waals surface area contributed by atoms with E-state index < -0.39 is 0 Å². The third kappa shape index (κ3) is 1.96. The summed E-state index contributed by atoms with van der Waals surface area (Å²) in [6.45, 7) is 0. The van der Waals surface area contributed by atoms with Crippen LogP contribution in [-0.2, 0) is 0 Å². The van der Waals surface area contributed by atoms with E-state index in [1.807, 2.05) is 6.07 Å². The highest BCUT2D eigenvalue weighted by atomic mass is 79.9. The number of thiophene rings is 1. The minimum Gasteiger partial charge on any atom is -0.407 e. The molecule has 0 spiro atoms. The molecule has 0 amide bonds. The van der Waals surface area contributed by atoms with Crippen LogP contribution < -0.4 is 0 Å². The Kier molecular flexibility index (Phi) is 2.73. The van der Waals surface area contributed by atoms with E-state index in [2.05, 4.69) is 42.1 Å². The predicted molar refractivity (Wildman–Crippen MR) is 58.0 cm³/mol. The number of rotatable bonds is 1. The lowest BCUT2D eigenvalue weighted by atomic mass is 10.3. The first-order valence-corrected chi connectivity index (χ1v) is 5.89. The zero-order valence-corrected chi connectivity index (χ0v) is 10.7.